The number of nitrogens with one attached hydrogen (secondary N) is 2. The van der Waals surface area contributed by atoms with Gasteiger partial charge < -0.3 is 15.4 Å². The fraction of sp³-hybridized carbons (Fsp3) is 0.294. The van der Waals surface area contributed by atoms with Gasteiger partial charge in [-0.3, -0.25) is 4.79 Å². The maximum Gasteiger partial charge on any atom is 0.422 e. The van der Waals surface area contributed by atoms with Crippen molar-refractivity contribution in [2.75, 3.05) is 25.0 Å². The van der Waals surface area contributed by atoms with Gasteiger partial charge in [0, 0.05) is 24.8 Å². The summed E-state index contributed by atoms with van der Waals surface area (Å²) in [7, 11) is 0. The van der Waals surface area contributed by atoms with Crippen LogP contribution in [-0.4, -0.2) is 36.8 Å². The number of hydrogen-bond donors (Lipinski definition) is 2. The Morgan fingerprint density at radius 1 is 1.00 bits per heavy atom. The lowest BCUT2D eigenvalue weighted by molar-refractivity contribution is -0.153. The average Bonchev–Trinajstić information content (AvgIpc) is 2.63. The predicted octanol–water partition coefficient (Wildman–Crippen LogP) is 3.88. The summed E-state index contributed by atoms with van der Waals surface area (Å²) in [4.78, 5) is 15.6. The van der Waals surface area contributed by atoms with Crippen LogP contribution in [0.1, 0.15) is 15.9 Å². The first-order valence-corrected chi connectivity index (χ1v) is 7.90. The molecule has 0 aliphatic rings. The quantitative estimate of drug-likeness (QED) is 0.540. The molecule has 2 aromatic rings. The number of anilines is 1. The maximum absolute atomic E-state index is 12.8. The molecule has 2 N–H and O–H groups in total. The van der Waals surface area contributed by atoms with E-state index in [1.54, 1.807) is 0 Å². The van der Waals surface area contributed by atoms with E-state index in [0.29, 0.717) is 0 Å². The van der Waals surface area contributed by atoms with Gasteiger partial charge in [0.2, 0.25) is 0 Å². The van der Waals surface area contributed by atoms with Crippen molar-refractivity contribution in [1.29, 1.82) is 0 Å². The zero-order chi connectivity index (χ0) is 20.8. The third-order valence-corrected chi connectivity index (χ3v) is 3.34. The fourth-order valence-electron chi connectivity index (χ4n) is 2.10. The first kappa shape index (κ1) is 21.3. The Balaban J connectivity index is 1.82. The highest BCUT2D eigenvalue weighted by Gasteiger charge is 2.34. The first-order valence-electron chi connectivity index (χ1n) is 7.90. The largest absolute Gasteiger partial charge is 0.484 e. The lowest BCUT2D eigenvalue weighted by Crippen LogP contribution is -2.29. The number of pyridine rings is 1. The minimum absolute atomic E-state index is 0.000962. The molecule has 11 heteroatoms. The van der Waals surface area contributed by atoms with Gasteiger partial charge in [-0.2, -0.15) is 26.3 Å². The van der Waals surface area contributed by atoms with Crippen molar-refractivity contribution in [2.45, 2.75) is 12.4 Å². The predicted molar refractivity (Wildman–Crippen MR) is 88.1 cm³/mol. The SMILES string of the molecule is O=C(NCCNc1ncccc1C(F)(F)F)c1ccc(OCC(F)(F)F)cc1. The number of alkyl halides is 6. The van der Waals surface area contributed by atoms with E-state index in [-0.39, 0.29) is 30.2 Å². The standard InChI is InChI=1S/C17H15F6N3O2/c18-16(19,20)10-28-12-5-3-11(4-6-12)15(27)26-9-8-25-14-13(17(21,22)23)2-1-7-24-14/h1-7H,8-10H2,(H,24,25)(H,26,27). The Morgan fingerprint density at radius 2 is 1.68 bits per heavy atom. The molecule has 0 aliphatic heterocycles. The summed E-state index contributed by atoms with van der Waals surface area (Å²) in [6.07, 6.45) is -7.82. The Morgan fingerprint density at radius 3 is 2.29 bits per heavy atom. The van der Waals surface area contributed by atoms with Gasteiger partial charge in [0.15, 0.2) is 6.61 Å². The number of halogens is 6. The Labute approximate surface area is 155 Å². The van der Waals surface area contributed by atoms with Gasteiger partial charge in [-0.05, 0) is 36.4 Å². The van der Waals surface area contributed by atoms with Crippen LogP contribution in [0.3, 0.4) is 0 Å². The third kappa shape index (κ3) is 6.63. The van der Waals surface area contributed by atoms with Crippen LogP contribution in [0.4, 0.5) is 32.2 Å². The van der Waals surface area contributed by atoms with E-state index in [1.165, 1.54) is 30.5 Å². The number of ether oxygens (including phenoxy) is 1. The lowest BCUT2D eigenvalue weighted by Gasteiger charge is -2.13. The summed E-state index contributed by atoms with van der Waals surface area (Å²) in [5.41, 5.74) is -0.760. The summed E-state index contributed by atoms with van der Waals surface area (Å²) < 4.78 is 79.3. The summed E-state index contributed by atoms with van der Waals surface area (Å²) in [6.45, 7) is -1.46. The van der Waals surface area contributed by atoms with Crippen LogP contribution in [0.2, 0.25) is 0 Å². The van der Waals surface area contributed by atoms with Gasteiger partial charge >= 0.3 is 12.4 Å². The smallest absolute Gasteiger partial charge is 0.422 e. The van der Waals surface area contributed by atoms with E-state index in [9.17, 15) is 31.1 Å². The Bertz CT molecular complexity index is 791. The van der Waals surface area contributed by atoms with Gasteiger partial charge in [-0.25, -0.2) is 4.98 Å². The number of carbonyl (C=O) groups excluding carboxylic acids is 1. The molecule has 28 heavy (non-hydrogen) atoms. The number of hydrogen-bond acceptors (Lipinski definition) is 4. The second kappa shape index (κ2) is 8.81. The highest BCUT2D eigenvalue weighted by atomic mass is 19.4. The molecule has 0 bridgehead atoms. The van der Waals surface area contributed by atoms with Crippen LogP contribution in [0.15, 0.2) is 42.6 Å². The van der Waals surface area contributed by atoms with Crippen molar-refractivity contribution < 1.29 is 35.9 Å². The van der Waals surface area contributed by atoms with Gasteiger partial charge in [0.25, 0.3) is 5.91 Å². The molecular formula is C17H15F6N3O2. The van der Waals surface area contributed by atoms with E-state index in [4.69, 9.17) is 0 Å². The summed E-state index contributed by atoms with van der Waals surface area (Å²) in [5, 5.41) is 4.97. The van der Waals surface area contributed by atoms with Gasteiger partial charge in [-0.15, -0.1) is 0 Å². The minimum atomic E-state index is -4.56. The number of aromatic nitrogens is 1. The van der Waals surface area contributed by atoms with Crippen molar-refractivity contribution in [2.24, 2.45) is 0 Å². The monoisotopic (exact) mass is 407 g/mol. The first-order chi connectivity index (χ1) is 13.1. The van der Waals surface area contributed by atoms with Crippen molar-refractivity contribution in [3.05, 3.63) is 53.7 Å². The molecular weight excluding hydrogens is 392 g/mol. The topological polar surface area (TPSA) is 63.2 Å². The zero-order valence-corrected chi connectivity index (χ0v) is 14.2. The van der Waals surface area contributed by atoms with Crippen LogP contribution in [-0.2, 0) is 6.18 Å². The number of amides is 1. The molecule has 0 spiro atoms. The normalized spacial score (nSPS) is 11.8. The van der Waals surface area contributed by atoms with Crippen molar-refractivity contribution >= 4 is 11.7 Å². The molecule has 1 aromatic heterocycles. The summed E-state index contributed by atoms with van der Waals surface area (Å²) in [6, 6.07) is 7.02. The average molecular weight is 407 g/mol. The Hall–Kier alpha value is -2.98. The summed E-state index contributed by atoms with van der Waals surface area (Å²) >= 11 is 0. The molecule has 0 unspecified atom stereocenters. The lowest BCUT2D eigenvalue weighted by atomic mass is 10.2. The number of rotatable bonds is 7. The molecule has 152 valence electrons. The van der Waals surface area contributed by atoms with Crippen LogP contribution in [0.25, 0.3) is 0 Å². The van der Waals surface area contributed by atoms with E-state index in [2.05, 4.69) is 20.4 Å². The molecule has 0 atom stereocenters. The van der Waals surface area contributed by atoms with Crippen molar-refractivity contribution in [3.63, 3.8) is 0 Å². The molecule has 2 rings (SSSR count). The number of carbonyl (C=O) groups is 1. The Kier molecular flexibility index (Phi) is 6.71. The maximum atomic E-state index is 12.8. The van der Waals surface area contributed by atoms with E-state index in [0.717, 1.165) is 12.1 Å². The molecule has 0 radical (unpaired) electrons. The van der Waals surface area contributed by atoms with Crippen LogP contribution >= 0.6 is 0 Å². The second-order valence-corrected chi connectivity index (χ2v) is 5.51. The van der Waals surface area contributed by atoms with Crippen LogP contribution in [0, 0.1) is 0 Å². The van der Waals surface area contributed by atoms with Crippen molar-refractivity contribution in [3.8, 4) is 5.75 Å². The van der Waals surface area contributed by atoms with E-state index < -0.39 is 30.4 Å². The molecule has 0 saturated carbocycles. The number of benzene rings is 1. The van der Waals surface area contributed by atoms with Crippen molar-refractivity contribution in [1.82, 2.24) is 10.3 Å². The molecule has 5 nitrogen and oxygen atoms in total. The molecule has 1 aromatic carbocycles. The van der Waals surface area contributed by atoms with E-state index >= 15 is 0 Å². The van der Waals surface area contributed by atoms with Gasteiger partial charge in [0.1, 0.15) is 11.6 Å². The molecule has 0 saturated heterocycles. The van der Waals surface area contributed by atoms with Crippen LogP contribution < -0.4 is 15.4 Å². The van der Waals surface area contributed by atoms with E-state index in [1.807, 2.05) is 0 Å². The molecule has 1 amide bonds. The fourth-order valence-corrected chi connectivity index (χ4v) is 2.10. The van der Waals surface area contributed by atoms with Crippen LogP contribution in [0.5, 0.6) is 5.75 Å². The highest BCUT2D eigenvalue weighted by Crippen LogP contribution is 2.33. The minimum Gasteiger partial charge on any atom is -0.484 e. The molecule has 1 heterocycles. The number of nitrogens with zero attached hydrogens (tertiary/aromatic N) is 1. The van der Waals surface area contributed by atoms with Gasteiger partial charge in [0.05, 0.1) is 5.56 Å². The third-order valence-electron chi connectivity index (χ3n) is 3.34. The highest BCUT2D eigenvalue weighted by molar-refractivity contribution is 5.94. The molecule has 0 aliphatic carbocycles. The molecule has 0 fully saturated rings. The zero-order valence-electron chi connectivity index (χ0n) is 14.2. The summed E-state index contributed by atoms with van der Waals surface area (Å²) in [5.74, 6) is -0.943. The second-order valence-electron chi connectivity index (χ2n) is 5.51. The van der Waals surface area contributed by atoms with Gasteiger partial charge in [-0.1, -0.05) is 0 Å².